The van der Waals surface area contributed by atoms with Crippen LogP contribution in [0.1, 0.15) is 38.9 Å². The highest BCUT2D eigenvalue weighted by Gasteiger charge is 2.26. The van der Waals surface area contributed by atoms with Gasteiger partial charge in [0.2, 0.25) is 11.8 Å². The number of aryl methyl sites for hydroxylation is 1. The molecule has 6 nitrogen and oxygen atoms in total. The molecule has 2 unspecified atom stereocenters. The summed E-state index contributed by atoms with van der Waals surface area (Å²) in [5, 5.41) is 3.09. The van der Waals surface area contributed by atoms with Crippen LogP contribution < -0.4 is 5.32 Å². The second-order valence-electron chi connectivity index (χ2n) is 6.92. The van der Waals surface area contributed by atoms with Gasteiger partial charge in [0.25, 0.3) is 0 Å². The van der Waals surface area contributed by atoms with E-state index in [2.05, 4.69) is 15.3 Å². The number of benzene rings is 1. The fraction of sp³-hybridized carbons (Fsp3) is 0.526. The highest BCUT2D eigenvalue weighted by molar-refractivity contribution is 5.77. The van der Waals surface area contributed by atoms with Crippen LogP contribution in [0.3, 0.4) is 0 Å². The number of aromatic amines is 1. The minimum atomic E-state index is 0.0351. The van der Waals surface area contributed by atoms with Crippen LogP contribution in [0, 0.1) is 5.92 Å². The average molecular weight is 342 g/mol. The van der Waals surface area contributed by atoms with E-state index in [4.69, 9.17) is 0 Å². The summed E-state index contributed by atoms with van der Waals surface area (Å²) in [5.74, 6) is 1.32. The van der Waals surface area contributed by atoms with Crippen LogP contribution in [-0.4, -0.2) is 45.8 Å². The summed E-state index contributed by atoms with van der Waals surface area (Å²) in [5.41, 5.74) is 1.93. The lowest BCUT2D eigenvalue weighted by atomic mass is 9.91. The van der Waals surface area contributed by atoms with Gasteiger partial charge in [0, 0.05) is 38.9 Å². The van der Waals surface area contributed by atoms with Gasteiger partial charge in [-0.25, -0.2) is 4.98 Å². The molecule has 134 valence electrons. The van der Waals surface area contributed by atoms with E-state index in [0.29, 0.717) is 18.8 Å². The molecule has 0 spiro atoms. The summed E-state index contributed by atoms with van der Waals surface area (Å²) < 4.78 is 0. The highest BCUT2D eigenvalue weighted by atomic mass is 16.2. The first-order valence-electron chi connectivity index (χ1n) is 9.01. The molecule has 25 heavy (non-hydrogen) atoms. The Morgan fingerprint density at radius 2 is 2.20 bits per heavy atom. The van der Waals surface area contributed by atoms with Gasteiger partial charge in [-0.15, -0.1) is 0 Å². The molecular weight excluding hydrogens is 316 g/mol. The summed E-state index contributed by atoms with van der Waals surface area (Å²) in [4.78, 5) is 33.5. The number of hydrogen-bond acceptors (Lipinski definition) is 3. The Hall–Kier alpha value is -2.37. The molecule has 1 aliphatic heterocycles. The topological polar surface area (TPSA) is 78.1 Å². The SMILES string of the molecule is CC(=O)N1CCCC(C(C)NC(=O)CCc2nc3ccccc3[nH]2)C1. The molecule has 1 aliphatic rings. The van der Waals surface area contributed by atoms with Crippen molar-refractivity contribution in [3.63, 3.8) is 0 Å². The first-order valence-corrected chi connectivity index (χ1v) is 9.01. The third-order valence-electron chi connectivity index (χ3n) is 5.03. The highest BCUT2D eigenvalue weighted by Crippen LogP contribution is 2.20. The van der Waals surface area contributed by atoms with E-state index >= 15 is 0 Å². The van der Waals surface area contributed by atoms with Crippen molar-refractivity contribution in [3.05, 3.63) is 30.1 Å². The number of carbonyl (C=O) groups is 2. The van der Waals surface area contributed by atoms with Crippen molar-refractivity contribution in [1.29, 1.82) is 0 Å². The zero-order valence-corrected chi connectivity index (χ0v) is 14.9. The Labute approximate surface area is 148 Å². The monoisotopic (exact) mass is 342 g/mol. The number of imidazole rings is 1. The molecular formula is C19H26N4O2. The van der Waals surface area contributed by atoms with E-state index in [-0.39, 0.29) is 17.9 Å². The Balaban J connectivity index is 1.49. The minimum Gasteiger partial charge on any atom is -0.353 e. The van der Waals surface area contributed by atoms with Gasteiger partial charge in [0.15, 0.2) is 0 Å². The first kappa shape index (κ1) is 17.5. The van der Waals surface area contributed by atoms with Crippen LogP contribution in [0.25, 0.3) is 11.0 Å². The lowest BCUT2D eigenvalue weighted by Gasteiger charge is -2.35. The predicted molar refractivity (Wildman–Crippen MR) is 97.0 cm³/mol. The molecule has 1 fully saturated rings. The summed E-state index contributed by atoms with van der Waals surface area (Å²) in [7, 11) is 0. The lowest BCUT2D eigenvalue weighted by Crippen LogP contribution is -2.47. The Bertz CT molecular complexity index is 722. The van der Waals surface area contributed by atoms with Crippen molar-refractivity contribution in [2.45, 2.75) is 45.6 Å². The maximum absolute atomic E-state index is 12.3. The maximum Gasteiger partial charge on any atom is 0.220 e. The van der Waals surface area contributed by atoms with E-state index in [1.807, 2.05) is 36.1 Å². The maximum atomic E-state index is 12.3. The van der Waals surface area contributed by atoms with Gasteiger partial charge in [0.05, 0.1) is 11.0 Å². The smallest absolute Gasteiger partial charge is 0.220 e. The molecule has 2 amide bonds. The molecule has 1 aromatic heterocycles. The Morgan fingerprint density at radius 1 is 1.40 bits per heavy atom. The third kappa shape index (κ3) is 4.38. The van der Waals surface area contributed by atoms with Gasteiger partial charge in [-0.1, -0.05) is 12.1 Å². The molecule has 2 heterocycles. The second kappa shape index (κ2) is 7.68. The zero-order valence-electron chi connectivity index (χ0n) is 14.9. The van der Waals surface area contributed by atoms with E-state index in [1.165, 1.54) is 0 Å². The van der Waals surface area contributed by atoms with Gasteiger partial charge in [0.1, 0.15) is 5.82 Å². The van der Waals surface area contributed by atoms with E-state index in [9.17, 15) is 9.59 Å². The third-order valence-corrected chi connectivity index (χ3v) is 5.03. The fourth-order valence-electron chi connectivity index (χ4n) is 3.50. The molecule has 2 aromatic rings. The van der Waals surface area contributed by atoms with Gasteiger partial charge >= 0.3 is 0 Å². The first-order chi connectivity index (χ1) is 12.0. The number of fused-ring (bicyclic) bond motifs is 1. The van der Waals surface area contributed by atoms with Gasteiger partial charge < -0.3 is 15.2 Å². The van der Waals surface area contributed by atoms with Gasteiger partial charge in [-0.2, -0.15) is 0 Å². The van der Waals surface area contributed by atoms with E-state index < -0.39 is 0 Å². The molecule has 3 rings (SSSR count). The molecule has 0 radical (unpaired) electrons. The number of aromatic nitrogens is 2. The number of rotatable bonds is 5. The number of carbonyl (C=O) groups excluding carboxylic acids is 2. The molecule has 1 aromatic carbocycles. The van der Waals surface area contributed by atoms with Crippen LogP contribution in [0.2, 0.25) is 0 Å². The molecule has 0 saturated carbocycles. The van der Waals surface area contributed by atoms with Crippen molar-refractivity contribution >= 4 is 22.8 Å². The Kier molecular flexibility index (Phi) is 5.36. The zero-order chi connectivity index (χ0) is 17.8. The normalized spacial score (nSPS) is 19.0. The summed E-state index contributed by atoms with van der Waals surface area (Å²) >= 11 is 0. The number of hydrogen-bond donors (Lipinski definition) is 2. The predicted octanol–water partition coefficient (Wildman–Crippen LogP) is 2.26. The number of piperidine rings is 1. The van der Waals surface area contributed by atoms with Crippen LogP contribution in [0.5, 0.6) is 0 Å². The average Bonchev–Trinajstić information content (AvgIpc) is 3.03. The fourth-order valence-corrected chi connectivity index (χ4v) is 3.50. The molecule has 1 saturated heterocycles. The van der Waals surface area contributed by atoms with Crippen LogP contribution in [-0.2, 0) is 16.0 Å². The van der Waals surface area contributed by atoms with Crippen LogP contribution in [0.4, 0.5) is 0 Å². The van der Waals surface area contributed by atoms with Gasteiger partial charge in [-0.05, 0) is 37.8 Å². The number of nitrogens with zero attached hydrogens (tertiary/aromatic N) is 2. The number of nitrogens with one attached hydrogen (secondary N) is 2. The van der Waals surface area contributed by atoms with Crippen LogP contribution >= 0.6 is 0 Å². The van der Waals surface area contributed by atoms with Crippen LogP contribution in [0.15, 0.2) is 24.3 Å². The second-order valence-corrected chi connectivity index (χ2v) is 6.92. The van der Waals surface area contributed by atoms with Gasteiger partial charge in [-0.3, -0.25) is 9.59 Å². The van der Waals surface area contributed by atoms with E-state index in [1.54, 1.807) is 6.92 Å². The number of likely N-dealkylation sites (tertiary alicyclic amines) is 1. The summed E-state index contributed by atoms with van der Waals surface area (Å²) in [6.45, 7) is 5.21. The molecule has 2 N–H and O–H groups in total. The Morgan fingerprint density at radius 3 is 2.96 bits per heavy atom. The summed E-state index contributed by atoms with van der Waals surface area (Å²) in [6, 6.07) is 7.94. The molecule has 2 atom stereocenters. The molecule has 0 aliphatic carbocycles. The van der Waals surface area contributed by atoms with Crippen molar-refractivity contribution in [1.82, 2.24) is 20.2 Å². The number of amides is 2. The van der Waals surface area contributed by atoms with Crippen molar-refractivity contribution in [3.8, 4) is 0 Å². The molecule has 0 bridgehead atoms. The summed E-state index contributed by atoms with van der Waals surface area (Å²) in [6.07, 6.45) is 3.06. The molecule has 6 heteroatoms. The van der Waals surface area contributed by atoms with E-state index in [0.717, 1.165) is 42.8 Å². The van der Waals surface area contributed by atoms with Crippen molar-refractivity contribution < 1.29 is 9.59 Å². The van der Waals surface area contributed by atoms with Crippen molar-refractivity contribution in [2.75, 3.05) is 13.1 Å². The van der Waals surface area contributed by atoms with Crippen molar-refractivity contribution in [2.24, 2.45) is 5.92 Å². The quantitative estimate of drug-likeness (QED) is 0.875. The largest absolute Gasteiger partial charge is 0.353 e. The minimum absolute atomic E-state index is 0.0351. The number of para-hydroxylation sites is 2. The standard InChI is InChI=1S/C19H26N4O2/c1-13(15-6-5-11-23(12-15)14(2)24)20-19(25)10-9-18-21-16-7-3-4-8-17(16)22-18/h3-4,7-8,13,15H,5-6,9-12H2,1-2H3,(H,20,25)(H,21,22). The number of H-pyrrole nitrogens is 1. The lowest BCUT2D eigenvalue weighted by molar-refractivity contribution is -0.130.